The van der Waals surface area contributed by atoms with Crippen molar-refractivity contribution < 1.29 is 33.3 Å². The first-order chi connectivity index (χ1) is 12.4. The summed E-state index contributed by atoms with van der Waals surface area (Å²) in [6.45, 7) is 2.79. The van der Waals surface area contributed by atoms with Crippen molar-refractivity contribution in [3.63, 3.8) is 0 Å². The van der Waals surface area contributed by atoms with Crippen LogP contribution < -0.4 is 5.73 Å². The summed E-state index contributed by atoms with van der Waals surface area (Å²) in [5.41, 5.74) is 5.75. The monoisotopic (exact) mass is 389 g/mol. The Labute approximate surface area is 157 Å². The number of ether oxygens (including phenoxy) is 4. The first-order valence-corrected chi connectivity index (χ1v) is 9.83. The predicted octanol–water partition coefficient (Wildman–Crippen LogP) is 1.14. The zero-order valence-corrected chi connectivity index (χ0v) is 15.9. The standard InChI is InChI=1S/C17H27NO7S/c1-10(20)22-8-13-15(24-11(2)21)14(18)16(23-9-19)17(25-13)26-12-6-4-3-5-7-12/h9,12-17H,3-8,18H2,1-2H3. The second kappa shape index (κ2) is 10.1. The van der Waals surface area contributed by atoms with E-state index in [4.69, 9.17) is 24.7 Å². The highest BCUT2D eigenvalue weighted by Gasteiger charge is 2.48. The highest BCUT2D eigenvalue weighted by molar-refractivity contribution is 8.00. The van der Waals surface area contributed by atoms with Crippen LogP contribution in [0.2, 0.25) is 0 Å². The Morgan fingerprint density at radius 1 is 1.15 bits per heavy atom. The Kier molecular flexibility index (Phi) is 8.17. The molecule has 8 nitrogen and oxygen atoms in total. The minimum absolute atomic E-state index is 0.0868. The lowest BCUT2D eigenvalue weighted by molar-refractivity contribution is -0.197. The first-order valence-electron chi connectivity index (χ1n) is 8.88. The van der Waals surface area contributed by atoms with E-state index in [1.807, 2.05) is 0 Å². The molecule has 1 saturated carbocycles. The van der Waals surface area contributed by atoms with Gasteiger partial charge in [0, 0.05) is 19.1 Å². The van der Waals surface area contributed by atoms with Gasteiger partial charge in [0.15, 0.2) is 6.10 Å². The number of nitrogens with two attached hydrogens (primary N) is 1. The molecule has 0 aromatic heterocycles. The maximum Gasteiger partial charge on any atom is 0.303 e. The van der Waals surface area contributed by atoms with Gasteiger partial charge in [-0.15, -0.1) is 11.8 Å². The van der Waals surface area contributed by atoms with Crippen LogP contribution in [-0.4, -0.2) is 60.1 Å². The first kappa shape index (κ1) is 21.0. The van der Waals surface area contributed by atoms with E-state index in [2.05, 4.69) is 0 Å². The fraction of sp³-hybridized carbons (Fsp3) is 0.824. The Balaban J connectivity index is 2.14. The quantitative estimate of drug-likeness (QED) is 0.389. The minimum atomic E-state index is -0.875. The summed E-state index contributed by atoms with van der Waals surface area (Å²) in [6.07, 6.45) is 3.32. The molecule has 1 aliphatic carbocycles. The second-order valence-electron chi connectivity index (χ2n) is 6.59. The van der Waals surface area contributed by atoms with Gasteiger partial charge in [0.2, 0.25) is 0 Å². The van der Waals surface area contributed by atoms with Crippen LogP contribution in [0.5, 0.6) is 0 Å². The largest absolute Gasteiger partial charge is 0.463 e. The van der Waals surface area contributed by atoms with E-state index in [0.717, 1.165) is 25.7 Å². The van der Waals surface area contributed by atoms with E-state index in [1.54, 1.807) is 11.8 Å². The lowest BCUT2D eigenvalue weighted by Crippen LogP contribution is -2.63. The van der Waals surface area contributed by atoms with E-state index in [1.165, 1.54) is 20.3 Å². The molecule has 0 aromatic rings. The molecule has 2 rings (SSSR count). The molecule has 1 aliphatic heterocycles. The summed E-state index contributed by atoms with van der Waals surface area (Å²) in [4.78, 5) is 33.6. The second-order valence-corrected chi connectivity index (χ2v) is 7.99. The van der Waals surface area contributed by atoms with Gasteiger partial charge in [0.05, 0.1) is 6.04 Å². The Morgan fingerprint density at radius 3 is 2.42 bits per heavy atom. The molecule has 2 fully saturated rings. The van der Waals surface area contributed by atoms with Crippen LogP contribution in [0.3, 0.4) is 0 Å². The van der Waals surface area contributed by atoms with Crippen molar-refractivity contribution in [2.75, 3.05) is 6.61 Å². The third-order valence-corrected chi connectivity index (χ3v) is 6.05. The van der Waals surface area contributed by atoms with Crippen molar-refractivity contribution in [3.05, 3.63) is 0 Å². The van der Waals surface area contributed by atoms with E-state index in [-0.39, 0.29) is 6.61 Å². The van der Waals surface area contributed by atoms with Gasteiger partial charge in [-0.2, -0.15) is 0 Å². The number of hydrogen-bond donors (Lipinski definition) is 1. The van der Waals surface area contributed by atoms with Gasteiger partial charge >= 0.3 is 11.9 Å². The summed E-state index contributed by atoms with van der Waals surface area (Å²) in [7, 11) is 0. The van der Waals surface area contributed by atoms with Crippen LogP contribution in [0.1, 0.15) is 46.0 Å². The lowest BCUT2D eigenvalue weighted by atomic mass is 9.97. The predicted molar refractivity (Wildman–Crippen MR) is 94.2 cm³/mol. The molecule has 0 spiro atoms. The molecule has 9 heteroatoms. The van der Waals surface area contributed by atoms with E-state index in [9.17, 15) is 14.4 Å². The van der Waals surface area contributed by atoms with Crippen LogP contribution >= 0.6 is 11.8 Å². The SMILES string of the molecule is CC(=O)OCC1OC(SC2CCCCC2)C(OC=O)C(N)C1OC(C)=O. The summed E-state index contributed by atoms with van der Waals surface area (Å²) in [5.74, 6) is -1.00. The molecule has 0 bridgehead atoms. The van der Waals surface area contributed by atoms with Crippen LogP contribution in [0.4, 0.5) is 0 Å². The molecule has 1 saturated heterocycles. The normalized spacial score (nSPS) is 32.5. The molecule has 0 amide bonds. The van der Waals surface area contributed by atoms with Gasteiger partial charge in [0.25, 0.3) is 6.47 Å². The third-order valence-electron chi connectivity index (χ3n) is 4.55. The molecule has 148 valence electrons. The van der Waals surface area contributed by atoms with Crippen molar-refractivity contribution in [1.29, 1.82) is 0 Å². The van der Waals surface area contributed by atoms with E-state index in [0.29, 0.717) is 11.7 Å². The Hall–Kier alpha value is -1.32. The average Bonchev–Trinajstić information content (AvgIpc) is 2.59. The molecule has 2 N–H and O–H groups in total. The van der Waals surface area contributed by atoms with Crippen LogP contribution in [0, 0.1) is 0 Å². The molecule has 0 aromatic carbocycles. The molecular formula is C17H27NO7S. The Morgan fingerprint density at radius 2 is 1.85 bits per heavy atom. The molecule has 2 aliphatic rings. The van der Waals surface area contributed by atoms with Crippen molar-refractivity contribution >= 4 is 30.2 Å². The fourth-order valence-electron chi connectivity index (χ4n) is 3.34. The van der Waals surface area contributed by atoms with Crippen molar-refractivity contribution in [1.82, 2.24) is 0 Å². The zero-order chi connectivity index (χ0) is 19.1. The third kappa shape index (κ3) is 5.85. The Bertz CT molecular complexity index is 498. The number of esters is 2. The zero-order valence-electron chi connectivity index (χ0n) is 15.1. The number of carbonyl (C=O) groups is 3. The van der Waals surface area contributed by atoms with E-state index < -0.39 is 41.7 Å². The van der Waals surface area contributed by atoms with Crippen molar-refractivity contribution in [2.24, 2.45) is 5.73 Å². The van der Waals surface area contributed by atoms with Gasteiger partial charge < -0.3 is 24.7 Å². The highest BCUT2D eigenvalue weighted by atomic mass is 32.2. The summed E-state index contributed by atoms with van der Waals surface area (Å²) >= 11 is 1.59. The fourth-order valence-corrected chi connectivity index (χ4v) is 4.93. The van der Waals surface area contributed by atoms with Gasteiger partial charge in [0.1, 0.15) is 24.3 Å². The highest BCUT2D eigenvalue weighted by Crippen LogP contribution is 2.38. The molecule has 1 heterocycles. The number of carbonyl (C=O) groups excluding carboxylic acids is 3. The van der Waals surface area contributed by atoms with Crippen LogP contribution in [0.25, 0.3) is 0 Å². The molecule has 0 radical (unpaired) electrons. The maximum atomic E-state index is 11.4. The van der Waals surface area contributed by atoms with Crippen LogP contribution in [0.15, 0.2) is 0 Å². The van der Waals surface area contributed by atoms with Gasteiger partial charge in [-0.25, -0.2) is 0 Å². The maximum absolute atomic E-state index is 11.4. The number of thioether (sulfide) groups is 1. The van der Waals surface area contributed by atoms with E-state index >= 15 is 0 Å². The molecule has 5 atom stereocenters. The minimum Gasteiger partial charge on any atom is -0.463 e. The number of rotatable bonds is 7. The van der Waals surface area contributed by atoms with Gasteiger partial charge in [-0.3, -0.25) is 14.4 Å². The van der Waals surface area contributed by atoms with Gasteiger partial charge in [-0.05, 0) is 12.8 Å². The average molecular weight is 389 g/mol. The summed E-state index contributed by atoms with van der Waals surface area (Å²) < 4.78 is 21.5. The topological polar surface area (TPSA) is 114 Å². The molecular weight excluding hydrogens is 362 g/mol. The lowest BCUT2D eigenvalue weighted by Gasteiger charge is -2.44. The smallest absolute Gasteiger partial charge is 0.303 e. The number of hydrogen-bond acceptors (Lipinski definition) is 9. The molecule has 26 heavy (non-hydrogen) atoms. The van der Waals surface area contributed by atoms with Crippen molar-refractivity contribution in [3.8, 4) is 0 Å². The summed E-state index contributed by atoms with van der Waals surface area (Å²) in [5, 5.41) is 0.387. The summed E-state index contributed by atoms with van der Waals surface area (Å²) in [6, 6.07) is -0.778. The van der Waals surface area contributed by atoms with Crippen molar-refractivity contribution in [2.45, 2.75) is 81.0 Å². The molecule has 5 unspecified atom stereocenters. The van der Waals surface area contributed by atoms with Gasteiger partial charge in [-0.1, -0.05) is 19.3 Å². The van der Waals surface area contributed by atoms with Crippen LogP contribution in [-0.2, 0) is 33.3 Å².